The van der Waals surface area contributed by atoms with Crippen molar-refractivity contribution in [2.75, 3.05) is 5.32 Å². The zero-order valence-corrected chi connectivity index (χ0v) is 12.9. The summed E-state index contributed by atoms with van der Waals surface area (Å²) in [5.41, 5.74) is 2.25. The van der Waals surface area contributed by atoms with Crippen LogP contribution in [0.3, 0.4) is 0 Å². The van der Waals surface area contributed by atoms with Gasteiger partial charge in [0.2, 0.25) is 0 Å². The van der Waals surface area contributed by atoms with Crippen LogP contribution >= 0.6 is 22.9 Å². The molecule has 0 bridgehead atoms. The van der Waals surface area contributed by atoms with Crippen molar-refractivity contribution in [1.82, 2.24) is 0 Å². The Morgan fingerprint density at radius 1 is 1.33 bits per heavy atom. The van der Waals surface area contributed by atoms with Gasteiger partial charge in [-0.1, -0.05) is 17.7 Å². The van der Waals surface area contributed by atoms with Crippen LogP contribution in [0.5, 0.6) is 0 Å². The Morgan fingerprint density at radius 2 is 2.14 bits per heavy atom. The molecule has 0 atom stereocenters. The smallest absolute Gasteiger partial charge is 0.256 e. The van der Waals surface area contributed by atoms with E-state index in [-0.39, 0.29) is 5.91 Å². The summed E-state index contributed by atoms with van der Waals surface area (Å²) in [4.78, 5) is 13.5. The number of benzene rings is 1. The summed E-state index contributed by atoms with van der Waals surface area (Å²) < 4.78 is 0. The Labute approximate surface area is 132 Å². The number of fused-ring (bicyclic) bond motifs is 1. The molecule has 1 heterocycles. The van der Waals surface area contributed by atoms with Crippen molar-refractivity contribution in [3.05, 3.63) is 50.9 Å². The molecule has 1 N–H and O–H groups in total. The number of halogens is 1. The van der Waals surface area contributed by atoms with E-state index in [0.717, 1.165) is 31.2 Å². The first kappa shape index (κ1) is 14.1. The number of carbonyl (C=O) groups is 1. The standard InChI is InChI=1S/C16H13ClN2OS/c17-11-5-3-4-10(8-11)15(20)19-16-13(9-18)12-6-1-2-7-14(12)21-16/h3-5,8H,1-2,6-7H2,(H,19,20). The normalized spacial score (nSPS) is 13.3. The topological polar surface area (TPSA) is 52.9 Å². The lowest BCUT2D eigenvalue weighted by Crippen LogP contribution is -2.11. The summed E-state index contributed by atoms with van der Waals surface area (Å²) in [6.45, 7) is 0. The average Bonchev–Trinajstić information content (AvgIpc) is 2.84. The van der Waals surface area contributed by atoms with Crippen LogP contribution in [0.25, 0.3) is 0 Å². The van der Waals surface area contributed by atoms with Crippen molar-refractivity contribution in [3.8, 4) is 6.07 Å². The van der Waals surface area contributed by atoms with Crippen LogP contribution in [-0.4, -0.2) is 5.91 Å². The molecule has 1 amide bonds. The Hall–Kier alpha value is -1.83. The molecule has 3 rings (SSSR count). The molecule has 0 radical (unpaired) electrons. The zero-order valence-electron chi connectivity index (χ0n) is 11.3. The molecule has 5 heteroatoms. The van der Waals surface area contributed by atoms with Gasteiger partial charge >= 0.3 is 0 Å². The third-order valence-corrected chi connectivity index (χ3v) is 5.04. The van der Waals surface area contributed by atoms with Crippen LogP contribution < -0.4 is 5.32 Å². The molecule has 106 valence electrons. The van der Waals surface area contributed by atoms with Crippen LogP contribution in [-0.2, 0) is 12.8 Å². The first-order chi connectivity index (χ1) is 10.2. The largest absolute Gasteiger partial charge is 0.312 e. The van der Waals surface area contributed by atoms with Crippen LogP contribution in [0.4, 0.5) is 5.00 Å². The summed E-state index contributed by atoms with van der Waals surface area (Å²) >= 11 is 7.43. The number of nitrogens with zero attached hydrogens (tertiary/aromatic N) is 1. The Balaban J connectivity index is 1.90. The van der Waals surface area contributed by atoms with E-state index >= 15 is 0 Å². The molecule has 0 spiro atoms. The maximum Gasteiger partial charge on any atom is 0.256 e. The third-order valence-electron chi connectivity index (χ3n) is 3.60. The number of hydrogen-bond acceptors (Lipinski definition) is 3. The van der Waals surface area contributed by atoms with Gasteiger partial charge in [-0.05, 0) is 49.4 Å². The molecule has 0 saturated carbocycles. The number of amides is 1. The molecule has 0 fully saturated rings. The fraction of sp³-hybridized carbons (Fsp3) is 0.250. The second-order valence-electron chi connectivity index (χ2n) is 4.99. The molecular formula is C16H13ClN2OS. The van der Waals surface area contributed by atoms with Crippen LogP contribution in [0.2, 0.25) is 5.02 Å². The zero-order chi connectivity index (χ0) is 14.8. The minimum Gasteiger partial charge on any atom is -0.312 e. The van der Waals surface area contributed by atoms with E-state index in [1.54, 1.807) is 24.3 Å². The first-order valence-corrected chi connectivity index (χ1v) is 8.00. The molecule has 0 unspecified atom stereocenters. The number of nitriles is 1. The monoisotopic (exact) mass is 316 g/mol. The van der Waals surface area contributed by atoms with Crippen molar-refractivity contribution < 1.29 is 4.79 Å². The van der Waals surface area contributed by atoms with Gasteiger partial charge in [-0.15, -0.1) is 11.3 Å². The van der Waals surface area contributed by atoms with E-state index in [0.29, 0.717) is 21.2 Å². The quantitative estimate of drug-likeness (QED) is 0.892. The van der Waals surface area contributed by atoms with Crippen molar-refractivity contribution in [2.24, 2.45) is 0 Å². The fourth-order valence-electron chi connectivity index (χ4n) is 2.58. The van der Waals surface area contributed by atoms with Gasteiger partial charge in [0, 0.05) is 15.5 Å². The second-order valence-corrected chi connectivity index (χ2v) is 6.53. The third kappa shape index (κ3) is 2.80. The first-order valence-electron chi connectivity index (χ1n) is 6.80. The molecule has 1 aromatic heterocycles. The highest BCUT2D eigenvalue weighted by Gasteiger charge is 2.22. The highest BCUT2D eigenvalue weighted by atomic mass is 35.5. The number of hydrogen-bond donors (Lipinski definition) is 1. The highest BCUT2D eigenvalue weighted by molar-refractivity contribution is 7.16. The van der Waals surface area contributed by atoms with Crippen molar-refractivity contribution >= 4 is 33.8 Å². The van der Waals surface area contributed by atoms with Gasteiger partial charge in [-0.2, -0.15) is 5.26 Å². The highest BCUT2D eigenvalue weighted by Crippen LogP contribution is 2.37. The number of nitrogens with one attached hydrogen (secondary N) is 1. The average molecular weight is 317 g/mol. The number of carbonyl (C=O) groups excluding carboxylic acids is 1. The Kier molecular flexibility index (Phi) is 3.96. The summed E-state index contributed by atoms with van der Waals surface area (Å²) in [5, 5.41) is 13.4. The molecule has 1 aliphatic rings. The molecule has 1 aromatic carbocycles. The van der Waals surface area contributed by atoms with Crippen LogP contribution in [0, 0.1) is 11.3 Å². The molecular weight excluding hydrogens is 304 g/mol. The van der Waals surface area contributed by atoms with E-state index in [9.17, 15) is 10.1 Å². The maximum absolute atomic E-state index is 12.3. The minimum atomic E-state index is -0.229. The van der Waals surface area contributed by atoms with Gasteiger partial charge in [0.15, 0.2) is 0 Å². The molecule has 3 nitrogen and oxygen atoms in total. The van der Waals surface area contributed by atoms with Crippen molar-refractivity contribution in [1.29, 1.82) is 5.26 Å². The van der Waals surface area contributed by atoms with Crippen LogP contribution in [0.1, 0.15) is 39.2 Å². The number of rotatable bonds is 2. The SMILES string of the molecule is N#Cc1c(NC(=O)c2cccc(Cl)c2)sc2c1CCCC2. The maximum atomic E-state index is 12.3. The van der Waals surface area contributed by atoms with Gasteiger partial charge in [-0.25, -0.2) is 0 Å². The Morgan fingerprint density at radius 3 is 2.90 bits per heavy atom. The lowest BCUT2D eigenvalue weighted by molar-refractivity contribution is 0.102. The summed E-state index contributed by atoms with van der Waals surface area (Å²) in [6, 6.07) is 9.04. The van der Waals surface area contributed by atoms with Gasteiger partial charge in [0.1, 0.15) is 11.1 Å². The van der Waals surface area contributed by atoms with E-state index in [1.165, 1.54) is 16.2 Å². The van der Waals surface area contributed by atoms with E-state index in [1.807, 2.05) is 0 Å². The predicted octanol–water partition coefficient (Wildman–Crippen LogP) is 4.40. The second kappa shape index (κ2) is 5.88. The molecule has 1 aliphatic carbocycles. The number of thiophene rings is 1. The van der Waals surface area contributed by atoms with E-state index in [2.05, 4.69) is 11.4 Å². The number of aryl methyl sites for hydroxylation is 1. The summed E-state index contributed by atoms with van der Waals surface area (Å²) in [7, 11) is 0. The molecule has 21 heavy (non-hydrogen) atoms. The van der Waals surface area contributed by atoms with Crippen molar-refractivity contribution in [2.45, 2.75) is 25.7 Å². The van der Waals surface area contributed by atoms with Crippen LogP contribution in [0.15, 0.2) is 24.3 Å². The number of anilines is 1. The van der Waals surface area contributed by atoms with E-state index < -0.39 is 0 Å². The Bertz CT molecular complexity index is 745. The molecule has 0 saturated heterocycles. The molecule has 2 aromatic rings. The van der Waals surface area contributed by atoms with Gasteiger partial charge in [0.05, 0.1) is 5.56 Å². The van der Waals surface area contributed by atoms with Gasteiger partial charge in [0.25, 0.3) is 5.91 Å². The minimum absolute atomic E-state index is 0.229. The predicted molar refractivity (Wildman–Crippen MR) is 85.1 cm³/mol. The van der Waals surface area contributed by atoms with Gasteiger partial charge < -0.3 is 5.32 Å². The van der Waals surface area contributed by atoms with E-state index in [4.69, 9.17) is 11.6 Å². The lowest BCUT2D eigenvalue weighted by Gasteiger charge is -2.09. The van der Waals surface area contributed by atoms with Gasteiger partial charge in [-0.3, -0.25) is 4.79 Å². The molecule has 0 aliphatic heterocycles. The summed E-state index contributed by atoms with van der Waals surface area (Å²) in [5.74, 6) is -0.229. The summed E-state index contributed by atoms with van der Waals surface area (Å²) in [6.07, 6.45) is 4.20. The van der Waals surface area contributed by atoms with Crippen molar-refractivity contribution in [3.63, 3.8) is 0 Å². The lowest BCUT2D eigenvalue weighted by atomic mass is 9.96. The fourth-order valence-corrected chi connectivity index (χ4v) is 4.00.